The van der Waals surface area contributed by atoms with Crippen molar-refractivity contribution in [1.82, 2.24) is 10.2 Å². The first-order valence-corrected chi connectivity index (χ1v) is 12.1. The van der Waals surface area contributed by atoms with Gasteiger partial charge < -0.3 is 10.2 Å². The van der Waals surface area contributed by atoms with Crippen LogP contribution in [0.2, 0.25) is 0 Å². The minimum Gasteiger partial charge on any atom is -0.352 e. The minimum atomic E-state index is -3.79. The number of nitrogens with one attached hydrogen (secondary N) is 1. The standard InChI is InChI=1S/C23H27N3O4S/c1-17-15-18-7-2-3-10-21(18)26(17)31(29,30)20-9-4-8-19(16-20)23(28)24-12-6-14-25-13-5-11-22(25)27/h2-4,7-10,16-17H,5-6,11-15H2,1H3,(H,24,28)/t17-/m0/s1. The second-order valence-electron chi connectivity index (χ2n) is 8.10. The molecule has 1 saturated heterocycles. The molecule has 1 N–H and O–H groups in total. The lowest BCUT2D eigenvalue weighted by atomic mass is 10.1. The number of benzene rings is 2. The van der Waals surface area contributed by atoms with Crippen molar-refractivity contribution in [2.75, 3.05) is 23.9 Å². The van der Waals surface area contributed by atoms with E-state index in [0.29, 0.717) is 43.6 Å². The summed E-state index contributed by atoms with van der Waals surface area (Å²) < 4.78 is 28.2. The number of hydrogen-bond acceptors (Lipinski definition) is 4. The highest BCUT2D eigenvalue weighted by Gasteiger charge is 2.36. The molecule has 1 atom stereocenters. The van der Waals surface area contributed by atoms with Gasteiger partial charge in [-0.1, -0.05) is 24.3 Å². The van der Waals surface area contributed by atoms with E-state index >= 15 is 0 Å². The largest absolute Gasteiger partial charge is 0.352 e. The van der Waals surface area contributed by atoms with Gasteiger partial charge in [0, 0.05) is 37.7 Å². The third-order valence-corrected chi connectivity index (χ3v) is 7.78. The summed E-state index contributed by atoms with van der Waals surface area (Å²) in [7, 11) is -3.79. The second kappa shape index (κ2) is 8.70. The molecule has 31 heavy (non-hydrogen) atoms. The maximum atomic E-state index is 13.4. The van der Waals surface area contributed by atoms with Gasteiger partial charge in [-0.05, 0) is 56.0 Å². The van der Waals surface area contributed by atoms with Crippen LogP contribution >= 0.6 is 0 Å². The first-order chi connectivity index (χ1) is 14.9. The Kier molecular flexibility index (Phi) is 6.00. The lowest BCUT2D eigenvalue weighted by molar-refractivity contribution is -0.127. The summed E-state index contributed by atoms with van der Waals surface area (Å²) >= 11 is 0. The van der Waals surface area contributed by atoms with Crippen LogP contribution in [0.15, 0.2) is 53.4 Å². The van der Waals surface area contributed by atoms with E-state index in [1.54, 1.807) is 12.1 Å². The Hall–Kier alpha value is -2.87. The number of hydrogen-bond donors (Lipinski definition) is 1. The molecule has 2 aromatic rings. The molecule has 2 aliphatic heterocycles. The number of anilines is 1. The van der Waals surface area contributed by atoms with Gasteiger partial charge in [-0.3, -0.25) is 13.9 Å². The summed E-state index contributed by atoms with van der Waals surface area (Å²) in [5.74, 6) is -0.151. The van der Waals surface area contributed by atoms with Crippen LogP contribution in [0.5, 0.6) is 0 Å². The molecule has 8 heteroatoms. The van der Waals surface area contributed by atoms with E-state index in [0.717, 1.165) is 18.5 Å². The van der Waals surface area contributed by atoms with Crippen molar-refractivity contribution >= 4 is 27.5 Å². The van der Waals surface area contributed by atoms with E-state index in [2.05, 4.69) is 5.32 Å². The van der Waals surface area contributed by atoms with Crippen LogP contribution in [0, 0.1) is 0 Å². The molecule has 1 fully saturated rings. The zero-order chi connectivity index (χ0) is 22.0. The molecule has 0 bridgehead atoms. The predicted octanol–water partition coefficient (Wildman–Crippen LogP) is 2.57. The zero-order valence-electron chi connectivity index (χ0n) is 17.6. The maximum Gasteiger partial charge on any atom is 0.264 e. The van der Waals surface area contributed by atoms with Crippen molar-refractivity contribution in [1.29, 1.82) is 0 Å². The van der Waals surface area contributed by atoms with Gasteiger partial charge in [-0.25, -0.2) is 8.42 Å². The van der Waals surface area contributed by atoms with Gasteiger partial charge in [-0.15, -0.1) is 0 Å². The third kappa shape index (κ3) is 4.30. The quantitative estimate of drug-likeness (QED) is 0.669. The van der Waals surface area contributed by atoms with Gasteiger partial charge in [0.25, 0.3) is 15.9 Å². The summed E-state index contributed by atoms with van der Waals surface area (Å²) in [6.45, 7) is 3.72. The van der Waals surface area contributed by atoms with Crippen molar-refractivity contribution in [3.8, 4) is 0 Å². The lowest BCUT2D eigenvalue weighted by Gasteiger charge is -2.24. The number of fused-ring (bicyclic) bond motifs is 1. The van der Waals surface area contributed by atoms with Crippen molar-refractivity contribution < 1.29 is 18.0 Å². The maximum absolute atomic E-state index is 13.4. The molecule has 7 nitrogen and oxygen atoms in total. The van der Waals surface area contributed by atoms with E-state index < -0.39 is 10.0 Å². The molecule has 2 aromatic carbocycles. The highest BCUT2D eigenvalue weighted by atomic mass is 32.2. The summed E-state index contributed by atoms with van der Waals surface area (Å²) in [5.41, 5.74) is 2.00. The normalized spacial score (nSPS) is 18.4. The Morgan fingerprint density at radius 3 is 2.74 bits per heavy atom. The second-order valence-corrected chi connectivity index (χ2v) is 9.92. The highest BCUT2D eigenvalue weighted by molar-refractivity contribution is 7.92. The number of amides is 2. The van der Waals surface area contributed by atoms with Crippen molar-refractivity contribution in [2.45, 2.75) is 43.5 Å². The van der Waals surface area contributed by atoms with Crippen LogP contribution in [0.4, 0.5) is 5.69 Å². The number of sulfonamides is 1. The van der Waals surface area contributed by atoms with E-state index in [1.807, 2.05) is 36.1 Å². The Morgan fingerprint density at radius 2 is 1.97 bits per heavy atom. The van der Waals surface area contributed by atoms with Crippen LogP contribution in [-0.4, -0.2) is 50.8 Å². The molecular weight excluding hydrogens is 414 g/mol. The SMILES string of the molecule is C[C@H]1Cc2ccccc2N1S(=O)(=O)c1cccc(C(=O)NCCCN2CCCC2=O)c1. The van der Waals surface area contributed by atoms with Gasteiger partial charge in [0.15, 0.2) is 0 Å². The average molecular weight is 442 g/mol. The minimum absolute atomic E-state index is 0.103. The molecule has 164 valence electrons. The first-order valence-electron chi connectivity index (χ1n) is 10.7. The van der Waals surface area contributed by atoms with Crippen LogP contribution in [-0.2, 0) is 21.2 Å². The molecule has 0 spiro atoms. The van der Waals surface area contributed by atoms with Crippen LogP contribution < -0.4 is 9.62 Å². The van der Waals surface area contributed by atoms with Gasteiger partial charge >= 0.3 is 0 Å². The lowest BCUT2D eigenvalue weighted by Crippen LogP contribution is -2.36. The summed E-state index contributed by atoms with van der Waals surface area (Å²) in [4.78, 5) is 26.1. The Bertz CT molecular complexity index is 1100. The van der Waals surface area contributed by atoms with Crippen LogP contribution in [0.25, 0.3) is 0 Å². The van der Waals surface area contributed by atoms with E-state index in [1.165, 1.54) is 16.4 Å². The number of likely N-dealkylation sites (tertiary alicyclic amines) is 1. The van der Waals surface area contributed by atoms with E-state index in [9.17, 15) is 18.0 Å². The Labute approximate surface area is 183 Å². The van der Waals surface area contributed by atoms with E-state index in [-0.39, 0.29) is 22.8 Å². The molecule has 0 aromatic heterocycles. The van der Waals surface area contributed by atoms with Gasteiger partial charge in [0.05, 0.1) is 10.6 Å². The fourth-order valence-corrected chi connectivity index (χ4v) is 6.07. The highest BCUT2D eigenvalue weighted by Crippen LogP contribution is 2.36. The number of carbonyl (C=O) groups excluding carboxylic acids is 2. The Morgan fingerprint density at radius 1 is 1.16 bits per heavy atom. The molecule has 2 heterocycles. The first kappa shape index (κ1) is 21.4. The predicted molar refractivity (Wildman–Crippen MR) is 118 cm³/mol. The topological polar surface area (TPSA) is 86.8 Å². The molecule has 0 aliphatic carbocycles. The molecule has 2 aliphatic rings. The average Bonchev–Trinajstić information content (AvgIpc) is 3.33. The summed E-state index contributed by atoms with van der Waals surface area (Å²) in [6.07, 6.45) is 2.83. The summed E-state index contributed by atoms with van der Waals surface area (Å²) in [5, 5.41) is 2.83. The summed E-state index contributed by atoms with van der Waals surface area (Å²) in [6, 6.07) is 13.5. The third-order valence-electron chi connectivity index (χ3n) is 5.86. The van der Waals surface area contributed by atoms with Crippen molar-refractivity contribution in [3.63, 3.8) is 0 Å². The number of carbonyl (C=O) groups is 2. The van der Waals surface area contributed by atoms with E-state index in [4.69, 9.17) is 0 Å². The van der Waals surface area contributed by atoms with Crippen molar-refractivity contribution in [3.05, 3.63) is 59.7 Å². The number of para-hydroxylation sites is 1. The monoisotopic (exact) mass is 441 g/mol. The molecular formula is C23H27N3O4S. The van der Waals surface area contributed by atoms with Gasteiger partial charge in [0.2, 0.25) is 5.91 Å². The molecule has 4 rings (SSSR count). The Balaban J connectivity index is 1.44. The fourth-order valence-electron chi connectivity index (χ4n) is 4.33. The number of rotatable bonds is 7. The number of nitrogens with zero attached hydrogens (tertiary/aromatic N) is 2. The smallest absolute Gasteiger partial charge is 0.264 e. The molecule has 2 amide bonds. The molecule has 0 saturated carbocycles. The zero-order valence-corrected chi connectivity index (χ0v) is 18.4. The van der Waals surface area contributed by atoms with Crippen LogP contribution in [0.1, 0.15) is 42.1 Å². The molecule has 0 unspecified atom stereocenters. The fraction of sp³-hybridized carbons (Fsp3) is 0.391. The van der Waals surface area contributed by atoms with Gasteiger partial charge in [-0.2, -0.15) is 0 Å². The van der Waals surface area contributed by atoms with Crippen LogP contribution in [0.3, 0.4) is 0 Å². The van der Waals surface area contributed by atoms with Gasteiger partial charge in [0.1, 0.15) is 0 Å². The van der Waals surface area contributed by atoms with Crippen molar-refractivity contribution in [2.24, 2.45) is 0 Å². The molecule has 0 radical (unpaired) electrons.